The van der Waals surface area contributed by atoms with Crippen LogP contribution in [0.3, 0.4) is 0 Å². The topological polar surface area (TPSA) is 45.2 Å². The molecule has 4 rings (SSSR count). The Balaban J connectivity index is 1.48. The summed E-state index contributed by atoms with van der Waals surface area (Å²) in [5.74, 6) is 1.58. The van der Waals surface area contributed by atoms with Gasteiger partial charge in [-0.2, -0.15) is 0 Å². The zero-order chi connectivity index (χ0) is 17.9. The van der Waals surface area contributed by atoms with Crippen LogP contribution in [-0.2, 0) is 13.1 Å². The molecule has 0 unspecified atom stereocenters. The van der Waals surface area contributed by atoms with Gasteiger partial charge in [0.2, 0.25) is 6.79 Å². The lowest BCUT2D eigenvalue weighted by molar-refractivity contribution is 0.174. The highest BCUT2D eigenvalue weighted by Crippen LogP contribution is 2.38. The fraction of sp³-hybridized carbons (Fsp3) is 0.429. The highest BCUT2D eigenvalue weighted by Gasteiger charge is 2.19. The largest absolute Gasteiger partial charge is 0.507 e. The maximum absolute atomic E-state index is 10.3. The third kappa shape index (κ3) is 3.58. The summed E-state index contributed by atoms with van der Waals surface area (Å²) in [5, 5.41) is 10.3. The van der Waals surface area contributed by atoms with Gasteiger partial charge in [-0.15, -0.1) is 0 Å². The first kappa shape index (κ1) is 17.0. The molecule has 2 aromatic carbocycles. The van der Waals surface area contributed by atoms with Crippen molar-refractivity contribution in [3.63, 3.8) is 0 Å². The van der Waals surface area contributed by atoms with Gasteiger partial charge in [-0.25, -0.2) is 0 Å². The van der Waals surface area contributed by atoms with Crippen LogP contribution in [0.1, 0.15) is 30.4 Å². The molecule has 1 fully saturated rings. The van der Waals surface area contributed by atoms with Gasteiger partial charge in [0, 0.05) is 43.5 Å². The number of phenols is 1. The Hall–Kier alpha value is -2.40. The van der Waals surface area contributed by atoms with Crippen molar-refractivity contribution >= 4 is 5.69 Å². The summed E-state index contributed by atoms with van der Waals surface area (Å²) < 4.78 is 10.8. The molecule has 2 aromatic rings. The molecule has 1 N–H and O–H groups in total. The Bertz CT molecular complexity index is 772. The Morgan fingerprint density at radius 3 is 2.46 bits per heavy atom. The second-order valence-electron chi connectivity index (χ2n) is 7.18. The zero-order valence-electron chi connectivity index (χ0n) is 15.3. The smallest absolute Gasteiger partial charge is 0.231 e. The lowest BCUT2D eigenvalue weighted by Crippen LogP contribution is -2.31. The number of benzene rings is 2. The van der Waals surface area contributed by atoms with Crippen LogP contribution >= 0.6 is 0 Å². The van der Waals surface area contributed by atoms with E-state index in [9.17, 15) is 5.11 Å². The highest BCUT2D eigenvalue weighted by molar-refractivity contribution is 5.54. The zero-order valence-corrected chi connectivity index (χ0v) is 15.3. The number of phenolic OH excluding ortho intramolecular Hbond substituents is 1. The van der Waals surface area contributed by atoms with E-state index in [-0.39, 0.29) is 12.5 Å². The SMILES string of the molecule is CN(Cc1cc2c(cc1O)OCO2)Cc1ccccc1N1CCCCC1. The molecule has 1 saturated heterocycles. The molecule has 0 amide bonds. The molecular formula is C21H26N2O3. The predicted molar refractivity (Wildman–Crippen MR) is 102 cm³/mol. The van der Waals surface area contributed by atoms with E-state index in [1.165, 1.54) is 30.5 Å². The molecule has 26 heavy (non-hydrogen) atoms. The molecule has 0 atom stereocenters. The van der Waals surface area contributed by atoms with Crippen LogP contribution in [0.2, 0.25) is 0 Å². The fourth-order valence-electron chi connectivity index (χ4n) is 3.83. The standard InChI is InChI=1S/C21H26N2O3/c1-22(14-17-11-20-21(12-19(17)24)26-15-25-20)13-16-7-3-4-8-18(16)23-9-5-2-6-10-23/h3-4,7-8,11-12,24H,2,5-6,9-10,13-15H2,1H3. The second-order valence-corrected chi connectivity index (χ2v) is 7.18. The molecule has 5 heteroatoms. The van der Waals surface area contributed by atoms with Gasteiger partial charge in [-0.1, -0.05) is 18.2 Å². The number of ether oxygens (including phenoxy) is 2. The number of anilines is 1. The van der Waals surface area contributed by atoms with Crippen molar-refractivity contribution in [3.8, 4) is 17.2 Å². The van der Waals surface area contributed by atoms with Crippen molar-refractivity contribution in [1.29, 1.82) is 0 Å². The summed E-state index contributed by atoms with van der Waals surface area (Å²) in [7, 11) is 2.08. The summed E-state index contributed by atoms with van der Waals surface area (Å²) in [6, 6.07) is 12.2. The molecule has 0 saturated carbocycles. The Morgan fingerprint density at radius 1 is 0.962 bits per heavy atom. The monoisotopic (exact) mass is 354 g/mol. The number of rotatable bonds is 5. The van der Waals surface area contributed by atoms with E-state index in [0.717, 1.165) is 25.2 Å². The third-order valence-corrected chi connectivity index (χ3v) is 5.14. The van der Waals surface area contributed by atoms with Gasteiger partial charge in [0.15, 0.2) is 11.5 Å². The van der Waals surface area contributed by atoms with Gasteiger partial charge < -0.3 is 19.5 Å². The summed E-state index contributed by atoms with van der Waals surface area (Å²) >= 11 is 0. The molecule has 5 nitrogen and oxygen atoms in total. The van der Waals surface area contributed by atoms with Gasteiger partial charge >= 0.3 is 0 Å². The molecular weight excluding hydrogens is 328 g/mol. The van der Waals surface area contributed by atoms with E-state index >= 15 is 0 Å². The Labute approximate surface area is 154 Å². The van der Waals surface area contributed by atoms with Gasteiger partial charge in [0.1, 0.15) is 5.75 Å². The highest BCUT2D eigenvalue weighted by atomic mass is 16.7. The van der Waals surface area contributed by atoms with Crippen molar-refractivity contribution in [2.45, 2.75) is 32.4 Å². The van der Waals surface area contributed by atoms with E-state index in [1.807, 2.05) is 6.07 Å². The van der Waals surface area contributed by atoms with Crippen LogP contribution in [0.25, 0.3) is 0 Å². The maximum Gasteiger partial charge on any atom is 0.231 e. The van der Waals surface area contributed by atoms with E-state index in [0.29, 0.717) is 18.0 Å². The lowest BCUT2D eigenvalue weighted by Gasteiger charge is -2.31. The quantitative estimate of drug-likeness (QED) is 0.886. The molecule has 0 spiro atoms. The van der Waals surface area contributed by atoms with Crippen LogP contribution in [0.5, 0.6) is 17.2 Å². The third-order valence-electron chi connectivity index (χ3n) is 5.14. The molecule has 0 radical (unpaired) electrons. The number of hydrogen-bond acceptors (Lipinski definition) is 5. The van der Waals surface area contributed by atoms with Crippen LogP contribution < -0.4 is 14.4 Å². The van der Waals surface area contributed by atoms with Crippen molar-refractivity contribution in [2.75, 3.05) is 31.8 Å². The van der Waals surface area contributed by atoms with E-state index in [2.05, 4.69) is 41.1 Å². The molecule has 0 bridgehead atoms. The predicted octanol–water partition coefficient (Wildman–Crippen LogP) is 3.74. The second kappa shape index (κ2) is 7.46. The number of nitrogens with zero attached hydrogens (tertiary/aromatic N) is 2. The van der Waals surface area contributed by atoms with Crippen molar-refractivity contribution in [3.05, 3.63) is 47.5 Å². The lowest BCUT2D eigenvalue weighted by atomic mass is 10.1. The van der Waals surface area contributed by atoms with Gasteiger partial charge in [0.05, 0.1) is 0 Å². The minimum absolute atomic E-state index is 0.220. The van der Waals surface area contributed by atoms with E-state index < -0.39 is 0 Å². The Kier molecular flexibility index (Phi) is 4.89. The van der Waals surface area contributed by atoms with Crippen LogP contribution in [0, 0.1) is 0 Å². The number of fused-ring (bicyclic) bond motifs is 1. The minimum atomic E-state index is 0.220. The normalized spacial score (nSPS) is 16.3. The van der Waals surface area contributed by atoms with Crippen molar-refractivity contribution in [1.82, 2.24) is 4.90 Å². The molecule has 0 aliphatic carbocycles. The van der Waals surface area contributed by atoms with Crippen LogP contribution in [-0.4, -0.2) is 36.9 Å². The number of aromatic hydroxyl groups is 1. The summed E-state index contributed by atoms with van der Waals surface area (Å²) in [6.45, 7) is 3.99. The molecule has 2 heterocycles. The van der Waals surface area contributed by atoms with Gasteiger partial charge in [-0.05, 0) is 44.0 Å². The number of piperidine rings is 1. The maximum atomic E-state index is 10.3. The van der Waals surface area contributed by atoms with Crippen molar-refractivity contribution in [2.24, 2.45) is 0 Å². The number of hydrogen-bond donors (Lipinski definition) is 1. The average molecular weight is 354 g/mol. The minimum Gasteiger partial charge on any atom is -0.507 e. The average Bonchev–Trinajstić information content (AvgIpc) is 3.10. The Morgan fingerprint density at radius 2 is 1.65 bits per heavy atom. The van der Waals surface area contributed by atoms with E-state index in [1.54, 1.807) is 6.07 Å². The molecule has 0 aromatic heterocycles. The summed E-state index contributed by atoms with van der Waals surface area (Å²) in [4.78, 5) is 4.73. The van der Waals surface area contributed by atoms with Gasteiger partial charge in [-0.3, -0.25) is 4.90 Å². The van der Waals surface area contributed by atoms with Crippen molar-refractivity contribution < 1.29 is 14.6 Å². The molecule has 138 valence electrons. The fourth-order valence-corrected chi connectivity index (χ4v) is 3.83. The van der Waals surface area contributed by atoms with Crippen LogP contribution in [0.4, 0.5) is 5.69 Å². The first-order chi connectivity index (χ1) is 12.7. The molecule has 2 aliphatic rings. The number of para-hydroxylation sites is 1. The van der Waals surface area contributed by atoms with E-state index in [4.69, 9.17) is 9.47 Å². The molecule has 2 aliphatic heterocycles. The first-order valence-corrected chi connectivity index (χ1v) is 9.33. The summed E-state index contributed by atoms with van der Waals surface area (Å²) in [6.07, 6.45) is 3.88. The summed E-state index contributed by atoms with van der Waals surface area (Å²) in [5.41, 5.74) is 3.53. The first-order valence-electron chi connectivity index (χ1n) is 9.33. The van der Waals surface area contributed by atoms with Crippen LogP contribution in [0.15, 0.2) is 36.4 Å². The van der Waals surface area contributed by atoms with Gasteiger partial charge in [0.25, 0.3) is 0 Å².